The molecule has 0 unspecified atom stereocenters. The van der Waals surface area contributed by atoms with E-state index in [0.29, 0.717) is 0 Å². The Balaban J connectivity index is 2.79. The summed E-state index contributed by atoms with van der Waals surface area (Å²) in [5.41, 5.74) is 0.857. The predicted octanol–water partition coefficient (Wildman–Crippen LogP) is 2.90. The van der Waals surface area contributed by atoms with Gasteiger partial charge in [-0.2, -0.15) is 0 Å². The van der Waals surface area contributed by atoms with Crippen LogP contribution >= 0.6 is 0 Å². The van der Waals surface area contributed by atoms with Gasteiger partial charge in [0.15, 0.2) is 0 Å². The molecule has 78 valence electrons. The normalized spacial score (nSPS) is 12.7. The smallest absolute Gasteiger partial charge is 0.125 e. The minimum atomic E-state index is -0.522. The number of hydrogen-bond acceptors (Lipinski definition) is 2. The fourth-order valence-electron chi connectivity index (χ4n) is 1.88. The summed E-state index contributed by atoms with van der Waals surface area (Å²) in [6, 6.07) is 11.9. The van der Waals surface area contributed by atoms with Crippen LogP contribution in [0, 0.1) is 0 Å². The predicted molar refractivity (Wildman–Crippen MR) is 61.1 cm³/mol. The number of aliphatic hydroxyl groups is 1. The van der Waals surface area contributed by atoms with Gasteiger partial charge in [0.1, 0.15) is 5.75 Å². The third-order valence-corrected chi connectivity index (χ3v) is 2.57. The van der Waals surface area contributed by atoms with Gasteiger partial charge >= 0.3 is 0 Å². The number of ether oxygens (including phenoxy) is 1. The van der Waals surface area contributed by atoms with E-state index in [-0.39, 0.29) is 0 Å². The van der Waals surface area contributed by atoms with Crippen LogP contribution in [-0.2, 0) is 0 Å². The lowest BCUT2D eigenvalue weighted by Gasteiger charge is -2.14. The Hall–Kier alpha value is -1.54. The fraction of sp³-hybridized carbons (Fsp3) is 0.231. The summed E-state index contributed by atoms with van der Waals surface area (Å²) in [5.74, 6) is 0.740. The first kappa shape index (κ1) is 9.99. The Kier molecular flexibility index (Phi) is 2.60. The molecule has 15 heavy (non-hydrogen) atoms. The van der Waals surface area contributed by atoms with Crippen LogP contribution in [0.4, 0.5) is 0 Å². The lowest BCUT2D eigenvalue weighted by atomic mass is 10.00. The maximum Gasteiger partial charge on any atom is 0.125 e. The average molecular weight is 202 g/mol. The molecule has 0 bridgehead atoms. The number of methoxy groups -OCH3 is 1. The van der Waals surface area contributed by atoms with Crippen LogP contribution in [0.2, 0.25) is 0 Å². The molecule has 0 fully saturated rings. The summed E-state index contributed by atoms with van der Waals surface area (Å²) in [5, 5.41) is 11.9. The van der Waals surface area contributed by atoms with E-state index in [1.54, 1.807) is 14.0 Å². The van der Waals surface area contributed by atoms with E-state index in [9.17, 15) is 5.11 Å². The summed E-state index contributed by atoms with van der Waals surface area (Å²) in [4.78, 5) is 0. The minimum Gasteiger partial charge on any atom is -0.496 e. The van der Waals surface area contributed by atoms with Crippen molar-refractivity contribution in [3.05, 3.63) is 42.0 Å². The summed E-state index contributed by atoms with van der Waals surface area (Å²) in [6.45, 7) is 1.75. The molecule has 0 radical (unpaired) electrons. The molecule has 0 aliphatic carbocycles. The van der Waals surface area contributed by atoms with E-state index in [1.165, 1.54) is 0 Å². The number of hydrogen-bond donors (Lipinski definition) is 1. The maximum absolute atomic E-state index is 9.75. The number of benzene rings is 2. The number of fused-ring (bicyclic) bond motifs is 1. The van der Waals surface area contributed by atoms with Crippen LogP contribution < -0.4 is 4.74 Å². The zero-order valence-corrected chi connectivity index (χ0v) is 8.90. The molecule has 0 amide bonds. The van der Waals surface area contributed by atoms with E-state index in [2.05, 4.69) is 0 Å². The van der Waals surface area contributed by atoms with E-state index in [0.717, 1.165) is 22.1 Å². The molecule has 2 nitrogen and oxygen atoms in total. The van der Waals surface area contributed by atoms with Crippen LogP contribution in [0.25, 0.3) is 10.8 Å². The molecule has 0 saturated carbocycles. The van der Waals surface area contributed by atoms with E-state index >= 15 is 0 Å². The van der Waals surface area contributed by atoms with Gasteiger partial charge in [-0.05, 0) is 23.8 Å². The monoisotopic (exact) mass is 202 g/mol. The highest BCUT2D eigenvalue weighted by atomic mass is 16.5. The Morgan fingerprint density at radius 3 is 2.53 bits per heavy atom. The molecular weight excluding hydrogens is 188 g/mol. The lowest BCUT2D eigenvalue weighted by Crippen LogP contribution is -1.97. The van der Waals surface area contributed by atoms with Crippen molar-refractivity contribution >= 4 is 10.8 Å². The number of aliphatic hydroxyl groups excluding tert-OH is 1. The molecule has 0 aromatic heterocycles. The first-order valence-corrected chi connectivity index (χ1v) is 4.97. The third-order valence-electron chi connectivity index (χ3n) is 2.57. The topological polar surface area (TPSA) is 29.5 Å². The van der Waals surface area contributed by atoms with Gasteiger partial charge < -0.3 is 9.84 Å². The van der Waals surface area contributed by atoms with Crippen molar-refractivity contribution in [2.24, 2.45) is 0 Å². The fourth-order valence-corrected chi connectivity index (χ4v) is 1.88. The van der Waals surface area contributed by atoms with E-state index in [1.807, 2.05) is 36.4 Å². The molecule has 0 aliphatic rings. The van der Waals surface area contributed by atoms with Crippen molar-refractivity contribution in [2.45, 2.75) is 13.0 Å². The van der Waals surface area contributed by atoms with Crippen molar-refractivity contribution in [1.29, 1.82) is 0 Å². The summed E-state index contributed by atoms with van der Waals surface area (Å²) >= 11 is 0. The van der Waals surface area contributed by atoms with Crippen molar-refractivity contribution in [2.75, 3.05) is 7.11 Å². The van der Waals surface area contributed by atoms with Crippen LogP contribution in [0.5, 0.6) is 5.75 Å². The highest BCUT2D eigenvalue weighted by Crippen LogP contribution is 2.32. The molecule has 0 saturated heterocycles. The summed E-state index contributed by atoms with van der Waals surface area (Å²) in [7, 11) is 1.62. The van der Waals surface area contributed by atoms with Crippen molar-refractivity contribution < 1.29 is 9.84 Å². The first-order valence-electron chi connectivity index (χ1n) is 4.97. The molecule has 2 rings (SSSR count). The molecule has 1 atom stereocenters. The zero-order chi connectivity index (χ0) is 10.8. The second-order valence-corrected chi connectivity index (χ2v) is 3.58. The first-order chi connectivity index (χ1) is 7.24. The minimum absolute atomic E-state index is 0.522. The van der Waals surface area contributed by atoms with E-state index < -0.39 is 6.10 Å². The Labute approximate surface area is 89.1 Å². The SMILES string of the molecule is COc1ccc2ccccc2c1[C@@H](C)O. The molecule has 0 aliphatic heterocycles. The van der Waals surface area contributed by atoms with Crippen molar-refractivity contribution in [3.8, 4) is 5.75 Å². The highest BCUT2D eigenvalue weighted by molar-refractivity contribution is 5.88. The van der Waals surface area contributed by atoms with E-state index in [4.69, 9.17) is 4.74 Å². The molecule has 2 aromatic carbocycles. The van der Waals surface area contributed by atoms with Gasteiger partial charge in [0.25, 0.3) is 0 Å². The van der Waals surface area contributed by atoms with Gasteiger partial charge in [0.2, 0.25) is 0 Å². The summed E-state index contributed by atoms with van der Waals surface area (Å²) in [6.07, 6.45) is -0.522. The number of rotatable bonds is 2. The Bertz CT molecular complexity index is 475. The molecule has 1 N–H and O–H groups in total. The molecule has 2 heteroatoms. The Morgan fingerprint density at radius 2 is 1.87 bits per heavy atom. The van der Waals surface area contributed by atoms with Gasteiger partial charge in [-0.25, -0.2) is 0 Å². The van der Waals surface area contributed by atoms with Gasteiger partial charge in [0.05, 0.1) is 13.2 Å². The quantitative estimate of drug-likeness (QED) is 0.811. The zero-order valence-electron chi connectivity index (χ0n) is 8.90. The molecular formula is C13H14O2. The van der Waals surface area contributed by atoms with Crippen LogP contribution in [-0.4, -0.2) is 12.2 Å². The second kappa shape index (κ2) is 3.91. The van der Waals surface area contributed by atoms with Crippen LogP contribution in [0.15, 0.2) is 36.4 Å². The Morgan fingerprint density at radius 1 is 1.13 bits per heavy atom. The van der Waals surface area contributed by atoms with Gasteiger partial charge in [-0.15, -0.1) is 0 Å². The van der Waals surface area contributed by atoms with Gasteiger partial charge in [0, 0.05) is 5.56 Å². The van der Waals surface area contributed by atoms with Crippen LogP contribution in [0.3, 0.4) is 0 Å². The summed E-state index contributed by atoms with van der Waals surface area (Å²) < 4.78 is 5.25. The molecule has 0 heterocycles. The van der Waals surface area contributed by atoms with Gasteiger partial charge in [-0.3, -0.25) is 0 Å². The molecule has 2 aromatic rings. The lowest BCUT2D eigenvalue weighted by molar-refractivity contribution is 0.196. The third kappa shape index (κ3) is 1.68. The van der Waals surface area contributed by atoms with Crippen molar-refractivity contribution in [3.63, 3.8) is 0 Å². The largest absolute Gasteiger partial charge is 0.496 e. The van der Waals surface area contributed by atoms with Crippen LogP contribution in [0.1, 0.15) is 18.6 Å². The standard InChI is InChI=1S/C13H14O2/c1-9(14)13-11-6-4-3-5-10(11)7-8-12(13)15-2/h3-9,14H,1-2H3/t9-/m1/s1. The maximum atomic E-state index is 9.75. The average Bonchev–Trinajstić information content (AvgIpc) is 2.27. The van der Waals surface area contributed by atoms with Crippen molar-refractivity contribution in [1.82, 2.24) is 0 Å². The second-order valence-electron chi connectivity index (χ2n) is 3.58. The highest BCUT2D eigenvalue weighted by Gasteiger charge is 2.12. The van der Waals surface area contributed by atoms with Gasteiger partial charge in [-0.1, -0.05) is 30.3 Å². The molecule has 0 spiro atoms.